The van der Waals surface area contributed by atoms with Crippen LogP contribution in [0, 0.1) is 12.7 Å². The molecule has 0 unspecified atom stereocenters. The molecule has 1 amide bonds. The molecule has 0 aromatic heterocycles. The van der Waals surface area contributed by atoms with E-state index in [0.29, 0.717) is 23.7 Å². The standard InChI is InChI=1S/C16H15ClFNO2/c1-11-10-13(17)4-7-15(11)21-9-8-19-16(20)12-2-5-14(18)6-3-12/h2-7,10H,8-9H2,1H3,(H,19,20). The molecule has 2 aromatic rings. The van der Waals surface area contributed by atoms with E-state index in [9.17, 15) is 9.18 Å². The van der Waals surface area contributed by atoms with Crippen LogP contribution in [0.1, 0.15) is 15.9 Å². The summed E-state index contributed by atoms with van der Waals surface area (Å²) in [6, 6.07) is 10.7. The lowest BCUT2D eigenvalue weighted by Crippen LogP contribution is -2.28. The Morgan fingerprint density at radius 3 is 2.62 bits per heavy atom. The van der Waals surface area contributed by atoms with E-state index in [1.807, 2.05) is 13.0 Å². The highest BCUT2D eigenvalue weighted by Gasteiger charge is 2.05. The van der Waals surface area contributed by atoms with Gasteiger partial charge in [-0.3, -0.25) is 4.79 Å². The molecule has 0 fully saturated rings. The maximum absolute atomic E-state index is 12.7. The van der Waals surface area contributed by atoms with E-state index in [4.69, 9.17) is 16.3 Å². The third kappa shape index (κ3) is 4.46. The Morgan fingerprint density at radius 1 is 1.24 bits per heavy atom. The van der Waals surface area contributed by atoms with Crippen LogP contribution in [-0.2, 0) is 0 Å². The number of halogens is 2. The minimum atomic E-state index is -0.368. The summed E-state index contributed by atoms with van der Waals surface area (Å²) in [5.41, 5.74) is 1.35. The number of nitrogens with one attached hydrogen (secondary N) is 1. The largest absolute Gasteiger partial charge is 0.491 e. The van der Waals surface area contributed by atoms with Crippen molar-refractivity contribution in [3.8, 4) is 5.75 Å². The van der Waals surface area contributed by atoms with Gasteiger partial charge in [0, 0.05) is 10.6 Å². The Kier molecular flexibility index (Phi) is 5.17. The van der Waals surface area contributed by atoms with Crippen molar-refractivity contribution in [1.82, 2.24) is 5.32 Å². The molecule has 0 aliphatic heterocycles. The van der Waals surface area contributed by atoms with Crippen LogP contribution in [0.15, 0.2) is 42.5 Å². The smallest absolute Gasteiger partial charge is 0.251 e. The van der Waals surface area contributed by atoms with Gasteiger partial charge in [-0.1, -0.05) is 11.6 Å². The van der Waals surface area contributed by atoms with Gasteiger partial charge in [-0.25, -0.2) is 4.39 Å². The molecule has 0 bridgehead atoms. The van der Waals surface area contributed by atoms with E-state index in [1.54, 1.807) is 12.1 Å². The molecule has 1 N–H and O–H groups in total. The van der Waals surface area contributed by atoms with Crippen LogP contribution in [0.25, 0.3) is 0 Å². The van der Waals surface area contributed by atoms with Crippen LogP contribution < -0.4 is 10.1 Å². The van der Waals surface area contributed by atoms with Crippen molar-refractivity contribution in [2.24, 2.45) is 0 Å². The van der Waals surface area contributed by atoms with Crippen molar-refractivity contribution in [3.63, 3.8) is 0 Å². The first-order valence-electron chi connectivity index (χ1n) is 6.49. The molecule has 0 aliphatic carbocycles. The SMILES string of the molecule is Cc1cc(Cl)ccc1OCCNC(=O)c1ccc(F)cc1. The predicted octanol–water partition coefficient (Wildman–Crippen LogP) is 3.60. The minimum Gasteiger partial charge on any atom is -0.491 e. The Labute approximate surface area is 127 Å². The van der Waals surface area contributed by atoms with Gasteiger partial charge in [-0.15, -0.1) is 0 Å². The van der Waals surface area contributed by atoms with Crippen molar-refractivity contribution in [1.29, 1.82) is 0 Å². The normalized spacial score (nSPS) is 10.2. The van der Waals surface area contributed by atoms with E-state index in [0.717, 1.165) is 11.3 Å². The first kappa shape index (κ1) is 15.3. The summed E-state index contributed by atoms with van der Waals surface area (Å²) in [5, 5.41) is 3.36. The van der Waals surface area contributed by atoms with Crippen molar-refractivity contribution in [3.05, 3.63) is 64.4 Å². The summed E-state index contributed by atoms with van der Waals surface area (Å²) in [5.74, 6) is 0.106. The van der Waals surface area contributed by atoms with Gasteiger partial charge in [0.05, 0.1) is 6.54 Å². The van der Waals surface area contributed by atoms with Gasteiger partial charge >= 0.3 is 0 Å². The monoisotopic (exact) mass is 307 g/mol. The Morgan fingerprint density at radius 2 is 1.95 bits per heavy atom. The third-order valence-electron chi connectivity index (χ3n) is 2.89. The highest BCUT2D eigenvalue weighted by molar-refractivity contribution is 6.30. The number of carbonyl (C=O) groups is 1. The van der Waals surface area contributed by atoms with Gasteiger partial charge in [-0.05, 0) is 55.0 Å². The van der Waals surface area contributed by atoms with Crippen molar-refractivity contribution in [2.75, 3.05) is 13.2 Å². The number of aryl methyl sites for hydroxylation is 1. The molecule has 2 rings (SSSR count). The molecule has 21 heavy (non-hydrogen) atoms. The summed E-state index contributed by atoms with van der Waals surface area (Å²) >= 11 is 5.86. The average Bonchev–Trinajstić information content (AvgIpc) is 2.46. The van der Waals surface area contributed by atoms with Crippen LogP contribution in [0.3, 0.4) is 0 Å². The van der Waals surface area contributed by atoms with E-state index in [-0.39, 0.29) is 11.7 Å². The van der Waals surface area contributed by atoms with Gasteiger partial charge < -0.3 is 10.1 Å². The lowest BCUT2D eigenvalue weighted by molar-refractivity contribution is 0.0947. The molecule has 3 nitrogen and oxygen atoms in total. The molecular weight excluding hydrogens is 293 g/mol. The van der Waals surface area contributed by atoms with Gasteiger partial charge in [0.15, 0.2) is 0 Å². The van der Waals surface area contributed by atoms with Crippen molar-refractivity contribution < 1.29 is 13.9 Å². The summed E-state index contributed by atoms with van der Waals surface area (Å²) in [6.45, 7) is 2.60. The number of rotatable bonds is 5. The molecule has 2 aromatic carbocycles. The molecule has 0 atom stereocenters. The third-order valence-corrected chi connectivity index (χ3v) is 3.12. The topological polar surface area (TPSA) is 38.3 Å². The highest BCUT2D eigenvalue weighted by atomic mass is 35.5. The molecule has 0 radical (unpaired) electrons. The maximum Gasteiger partial charge on any atom is 0.251 e. The number of carbonyl (C=O) groups excluding carboxylic acids is 1. The van der Waals surface area contributed by atoms with E-state index < -0.39 is 0 Å². The molecule has 0 heterocycles. The van der Waals surface area contributed by atoms with Crippen LogP contribution in [0.2, 0.25) is 5.02 Å². The molecule has 5 heteroatoms. The molecule has 110 valence electrons. The average molecular weight is 308 g/mol. The predicted molar refractivity (Wildman–Crippen MR) is 80.4 cm³/mol. The zero-order chi connectivity index (χ0) is 15.2. The fourth-order valence-corrected chi connectivity index (χ4v) is 2.03. The summed E-state index contributed by atoms with van der Waals surface area (Å²) < 4.78 is 18.3. The lowest BCUT2D eigenvalue weighted by Gasteiger charge is -2.10. The van der Waals surface area contributed by atoms with E-state index in [2.05, 4.69) is 5.32 Å². The summed E-state index contributed by atoms with van der Waals surface area (Å²) in [4.78, 5) is 11.8. The van der Waals surface area contributed by atoms with E-state index in [1.165, 1.54) is 24.3 Å². The van der Waals surface area contributed by atoms with Gasteiger partial charge in [0.25, 0.3) is 5.91 Å². The van der Waals surface area contributed by atoms with Crippen LogP contribution in [0.4, 0.5) is 4.39 Å². The van der Waals surface area contributed by atoms with Crippen LogP contribution in [-0.4, -0.2) is 19.1 Å². The number of hydrogen-bond acceptors (Lipinski definition) is 2. The number of hydrogen-bond donors (Lipinski definition) is 1. The fourth-order valence-electron chi connectivity index (χ4n) is 1.80. The van der Waals surface area contributed by atoms with Crippen LogP contribution in [0.5, 0.6) is 5.75 Å². The number of amides is 1. The fraction of sp³-hybridized carbons (Fsp3) is 0.188. The van der Waals surface area contributed by atoms with Crippen LogP contribution >= 0.6 is 11.6 Å². The second kappa shape index (κ2) is 7.09. The molecule has 0 aliphatic rings. The Bertz CT molecular complexity index is 629. The minimum absolute atomic E-state index is 0.258. The quantitative estimate of drug-likeness (QED) is 0.857. The zero-order valence-electron chi connectivity index (χ0n) is 11.5. The molecule has 0 saturated carbocycles. The van der Waals surface area contributed by atoms with Gasteiger partial charge in [0.2, 0.25) is 0 Å². The Balaban J connectivity index is 1.79. The van der Waals surface area contributed by atoms with Crippen molar-refractivity contribution in [2.45, 2.75) is 6.92 Å². The zero-order valence-corrected chi connectivity index (χ0v) is 12.3. The first-order chi connectivity index (χ1) is 10.1. The number of benzene rings is 2. The Hall–Kier alpha value is -2.07. The summed E-state index contributed by atoms with van der Waals surface area (Å²) in [7, 11) is 0. The first-order valence-corrected chi connectivity index (χ1v) is 6.87. The lowest BCUT2D eigenvalue weighted by atomic mass is 10.2. The highest BCUT2D eigenvalue weighted by Crippen LogP contribution is 2.21. The van der Waals surface area contributed by atoms with Gasteiger partial charge in [0.1, 0.15) is 18.2 Å². The van der Waals surface area contributed by atoms with E-state index >= 15 is 0 Å². The second-order valence-corrected chi connectivity index (χ2v) is 4.96. The molecular formula is C16H15ClFNO2. The molecule has 0 saturated heterocycles. The van der Waals surface area contributed by atoms with Crippen molar-refractivity contribution >= 4 is 17.5 Å². The number of ether oxygens (including phenoxy) is 1. The maximum atomic E-state index is 12.7. The molecule has 0 spiro atoms. The second-order valence-electron chi connectivity index (χ2n) is 4.52. The summed E-state index contributed by atoms with van der Waals surface area (Å²) in [6.07, 6.45) is 0. The van der Waals surface area contributed by atoms with Gasteiger partial charge in [-0.2, -0.15) is 0 Å².